The zero-order chi connectivity index (χ0) is 16.2. The molecule has 1 atom stereocenters. The lowest BCUT2D eigenvalue weighted by Crippen LogP contribution is -2.39. The Morgan fingerprint density at radius 1 is 1.35 bits per heavy atom. The first-order chi connectivity index (χ1) is 11.2. The number of likely N-dealkylation sites (tertiary alicyclic amines) is 1. The van der Waals surface area contributed by atoms with Crippen LogP contribution in [-0.2, 0) is 16.1 Å². The van der Waals surface area contributed by atoms with Crippen LogP contribution in [0.3, 0.4) is 0 Å². The first-order valence-corrected chi connectivity index (χ1v) is 9.27. The van der Waals surface area contributed by atoms with Gasteiger partial charge in [-0.1, -0.05) is 0 Å². The number of nitrogens with zero attached hydrogens (tertiary/aromatic N) is 4. The fourth-order valence-corrected chi connectivity index (χ4v) is 3.95. The predicted octanol–water partition coefficient (Wildman–Crippen LogP) is 1.05. The van der Waals surface area contributed by atoms with Crippen LogP contribution in [0.4, 0.5) is 0 Å². The quantitative estimate of drug-likeness (QED) is 0.825. The lowest BCUT2D eigenvalue weighted by molar-refractivity contribution is -0.135. The van der Waals surface area contributed by atoms with Crippen molar-refractivity contribution in [2.24, 2.45) is 5.92 Å². The standard InChI is InChI=1S/C16H24N4O2S/c1-2-19-9-13(8-15(19)21)16(22)20-5-3-4-18(6-7-20)10-14-11-23-12-17-14/h11-13H,2-10H2,1H3/t13-/m0/s1. The van der Waals surface area contributed by atoms with Gasteiger partial charge in [-0.3, -0.25) is 14.5 Å². The van der Waals surface area contributed by atoms with Crippen LogP contribution in [0.2, 0.25) is 0 Å². The molecule has 2 aliphatic rings. The maximum atomic E-state index is 12.7. The molecule has 0 aromatic carbocycles. The van der Waals surface area contributed by atoms with Gasteiger partial charge in [-0.25, -0.2) is 4.98 Å². The van der Waals surface area contributed by atoms with Gasteiger partial charge in [0.1, 0.15) is 0 Å². The van der Waals surface area contributed by atoms with E-state index in [2.05, 4.69) is 15.3 Å². The van der Waals surface area contributed by atoms with E-state index >= 15 is 0 Å². The van der Waals surface area contributed by atoms with Crippen molar-refractivity contribution in [1.29, 1.82) is 0 Å². The number of hydrogen-bond donors (Lipinski definition) is 0. The summed E-state index contributed by atoms with van der Waals surface area (Å²) in [4.78, 5) is 35.0. The second-order valence-corrected chi connectivity index (χ2v) is 6.99. The largest absolute Gasteiger partial charge is 0.342 e. The molecular weight excluding hydrogens is 312 g/mol. The van der Waals surface area contributed by atoms with E-state index in [9.17, 15) is 9.59 Å². The molecular formula is C16H24N4O2S. The van der Waals surface area contributed by atoms with Gasteiger partial charge in [0.25, 0.3) is 0 Å². The highest BCUT2D eigenvalue weighted by Gasteiger charge is 2.36. The molecule has 0 unspecified atom stereocenters. The van der Waals surface area contributed by atoms with Crippen LogP contribution in [0, 0.1) is 5.92 Å². The molecule has 23 heavy (non-hydrogen) atoms. The molecule has 0 aliphatic carbocycles. The van der Waals surface area contributed by atoms with Gasteiger partial charge < -0.3 is 9.80 Å². The van der Waals surface area contributed by atoms with Crippen LogP contribution >= 0.6 is 11.3 Å². The molecule has 3 heterocycles. The average Bonchev–Trinajstić information content (AvgIpc) is 3.12. The van der Waals surface area contributed by atoms with E-state index in [1.54, 1.807) is 16.2 Å². The topological polar surface area (TPSA) is 56.8 Å². The van der Waals surface area contributed by atoms with Gasteiger partial charge in [0, 0.05) is 57.6 Å². The van der Waals surface area contributed by atoms with Crippen molar-refractivity contribution in [3.05, 3.63) is 16.6 Å². The van der Waals surface area contributed by atoms with E-state index in [1.807, 2.05) is 17.3 Å². The van der Waals surface area contributed by atoms with Gasteiger partial charge in [0.05, 0.1) is 17.1 Å². The first kappa shape index (κ1) is 16.4. The van der Waals surface area contributed by atoms with Gasteiger partial charge in [0.15, 0.2) is 0 Å². The Hall–Kier alpha value is -1.47. The van der Waals surface area contributed by atoms with Gasteiger partial charge in [-0.15, -0.1) is 11.3 Å². The van der Waals surface area contributed by atoms with E-state index in [-0.39, 0.29) is 17.7 Å². The zero-order valence-electron chi connectivity index (χ0n) is 13.6. The Morgan fingerprint density at radius 2 is 2.22 bits per heavy atom. The molecule has 2 fully saturated rings. The highest BCUT2D eigenvalue weighted by molar-refractivity contribution is 7.07. The summed E-state index contributed by atoms with van der Waals surface area (Å²) in [5.74, 6) is 0.128. The lowest BCUT2D eigenvalue weighted by atomic mass is 10.1. The van der Waals surface area contributed by atoms with Crippen molar-refractivity contribution in [3.63, 3.8) is 0 Å². The number of carbonyl (C=O) groups excluding carboxylic acids is 2. The molecule has 126 valence electrons. The number of thiazole rings is 1. The van der Waals surface area contributed by atoms with Crippen molar-refractivity contribution in [3.8, 4) is 0 Å². The third kappa shape index (κ3) is 3.90. The fourth-order valence-electron chi connectivity index (χ4n) is 3.40. The molecule has 0 bridgehead atoms. The summed E-state index contributed by atoms with van der Waals surface area (Å²) in [6.45, 7) is 7.53. The molecule has 1 aromatic heterocycles. The van der Waals surface area contributed by atoms with Crippen LogP contribution < -0.4 is 0 Å². The van der Waals surface area contributed by atoms with Crippen molar-refractivity contribution >= 4 is 23.2 Å². The summed E-state index contributed by atoms with van der Waals surface area (Å²) >= 11 is 1.62. The van der Waals surface area contributed by atoms with E-state index in [4.69, 9.17) is 0 Å². The number of hydrogen-bond acceptors (Lipinski definition) is 5. The van der Waals surface area contributed by atoms with E-state index in [1.165, 1.54) is 0 Å². The number of amides is 2. The van der Waals surface area contributed by atoms with Gasteiger partial charge >= 0.3 is 0 Å². The molecule has 2 amide bonds. The fraction of sp³-hybridized carbons (Fsp3) is 0.688. The minimum Gasteiger partial charge on any atom is -0.342 e. The monoisotopic (exact) mass is 336 g/mol. The third-order valence-electron chi connectivity index (χ3n) is 4.71. The SMILES string of the molecule is CCN1C[C@@H](C(=O)N2CCCN(Cc3cscn3)CC2)CC1=O. The summed E-state index contributed by atoms with van der Waals surface area (Å²) in [6, 6.07) is 0. The Balaban J connectivity index is 1.53. The van der Waals surface area contributed by atoms with E-state index in [0.29, 0.717) is 19.5 Å². The summed E-state index contributed by atoms with van der Waals surface area (Å²) in [5, 5.41) is 2.08. The predicted molar refractivity (Wildman–Crippen MR) is 88.9 cm³/mol. The van der Waals surface area contributed by atoms with Crippen LogP contribution in [0.5, 0.6) is 0 Å². The normalized spacial score (nSPS) is 23.3. The lowest BCUT2D eigenvalue weighted by Gasteiger charge is -2.24. The second kappa shape index (κ2) is 7.40. The van der Waals surface area contributed by atoms with Crippen molar-refractivity contribution in [2.45, 2.75) is 26.3 Å². The number of carbonyl (C=O) groups is 2. The Labute approximate surface area is 141 Å². The molecule has 2 aliphatic heterocycles. The third-order valence-corrected chi connectivity index (χ3v) is 5.35. The molecule has 2 saturated heterocycles. The van der Waals surface area contributed by atoms with Crippen molar-refractivity contribution in [2.75, 3.05) is 39.3 Å². The minimum absolute atomic E-state index is 0.117. The molecule has 0 saturated carbocycles. The summed E-state index contributed by atoms with van der Waals surface area (Å²) in [7, 11) is 0. The first-order valence-electron chi connectivity index (χ1n) is 8.33. The highest BCUT2D eigenvalue weighted by Crippen LogP contribution is 2.21. The van der Waals surface area contributed by atoms with Gasteiger partial charge in [-0.2, -0.15) is 0 Å². The highest BCUT2D eigenvalue weighted by atomic mass is 32.1. The van der Waals surface area contributed by atoms with Crippen LogP contribution in [-0.4, -0.2) is 70.8 Å². The number of rotatable bonds is 4. The van der Waals surface area contributed by atoms with E-state index < -0.39 is 0 Å². The van der Waals surface area contributed by atoms with Crippen molar-refractivity contribution < 1.29 is 9.59 Å². The average molecular weight is 336 g/mol. The van der Waals surface area contributed by atoms with Gasteiger partial charge in [0.2, 0.25) is 11.8 Å². The minimum atomic E-state index is -0.146. The van der Waals surface area contributed by atoms with E-state index in [0.717, 1.165) is 44.8 Å². The maximum Gasteiger partial charge on any atom is 0.228 e. The second-order valence-electron chi connectivity index (χ2n) is 6.27. The summed E-state index contributed by atoms with van der Waals surface area (Å²) < 4.78 is 0. The Morgan fingerprint density at radius 3 is 2.91 bits per heavy atom. The zero-order valence-corrected chi connectivity index (χ0v) is 14.4. The molecule has 1 aromatic rings. The molecule has 0 spiro atoms. The number of aromatic nitrogens is 1. The summed E-state index contributed by atoms with van der Waals surface area (Å²) in [6.07, 6.45) is 1.36. The molecule has 3 rings (SSSR count). The molecule has 7 heteroatoms. The van der Waals surface area contributed by atoms with Gasteiger partial charge in [-0.05, 0) is 13.3 Å². The molecule has 0 N–H and O–H groups in total. The van der Waals surface area contributed by atoms with Crippen LogP contribution in [0.25, 0.3) is 0 Å². The van der Waals surface area contributed by atoms with Crippen LogP contribution in [0.1, 0.15) is 25.5 Å². The maximum absolute atomic E-state index is 12.7. The molecule has 0 radical (unpaired) electrons. The Bertz CT molecular complexity index is 548. The van der Waals surface area contributed by atoms with Crippen LogP contribution in [0.15, 0.2) is 10.9 Å². The van der Waals surface area contributed by atoms with Crippen molar-refractivity contribution in [1.82, 2.24) is 19.7 Å². The summed E-state index contributed by atoms with van der Waals surface area (Å²) in [5.41, 5.74) is 2.97. The molecule has 6 nitrogen and oxygen atoms in total. The smallest absolute Gasteiger partial charge is 0.228 e. The Kier molecular flexibility index (Phi) is 5.27.